The fourth-order valence-electron chi connectivity index (χ4n) is 3.07. The number of amides is 1. The van der Waals surface area contributed by atoms with Crippen LogP contribution in [0.1, 0.15) is 32.3 Å². The fraction of sp³-hybridized carbons (Fsp3) is 0.500. The van der Waals surface area contributed by atoms with E-state index in [1.165, 1.54) is 5.56 Å². The number of nitrogens with zero attached hydrogens (tertiary/aromatic N) is 1. The number of carbonyl (C=O) groups excluding carboxylic acids is 1. The summed E-state index contributed by atoms with van der Waals surface area (Å²) in [5.41, 5.74) is 1.18. The number of aliphatic hydroxyl groups is 1. The monoisotopic (exact) mass is 287 g/mol. The molecular weight excluding hydrogens is 262 g/mol. The lowest BCUT2D eigenvalue weighted by molar-refractivity contribution is -0.137. The zero-order chi connectivity index (χ0) is 15.4. The van der Waals surface area contributed by atoms with Gasteiger partial charge in [-0.05, 0) is 30.7 Å². The molecule has 2 atom stereocenters. The van der Waals surface area contributed by atoms with Gasteiger partial charge in [0.1, 0.15) is 5.76 Å². The maximum atomic E-state index is 12.9. The van der Waals surface area contributed by atoms with E-state index in [2.05, 4.69) is 32.6 Å². The number of benzene rings is 1. The normalized spacial score (nSPS) is 19.8. The van der Waals surface area contributed by atoms with Crippen molar-refractivity contribution in [1.29, 1.82) is 0 Å². The average molecular weight is 287 g/mol. The molecule has 1 unspecified atom stereocenters. The highest BCUT2D eigenvalue weighted by Gasteiger charge is 2.35. The van der Waals surface area contributed by atoms with E-state index in [4.69, 9.17) is 0 Å². The van der Waals surface area contributed by atoms with Crippen molar-refractivity contribution >= 4 is 5.91 Å². The van der Waals surface area contributed by atoms with E-state index >= 15 is 0 Å². The number of hydrogen-bond donors (Lipinski definition) is 1. The van der Waals surface area contributed by atoms with E-state index in [0.717, 1.165) is 25.8 Å². The van der Waals surface area contributed by atoms with E-state index in [-0.39, 0.29) is 29.5 Å². The first-order valence-electron chi connectivity index (χ1n) is 7.73. The molecule has 1 aromatic rings. The molecule has 114 valence electrons. The fourth-order valence-corrected chi connectivity index (χ4v) is 3.07. The van der Waals surface area contributed by atoms with Crippen molar-refractivity contribution in [3.63, 3.8) is 0 Å². The predicted octanol–water partition coefficient (Wildman–Crippen LogP) is 3.56. The maximum Gasteiger partial charge on any atom is 0.226 e. The van der Waals surface area contributed by atoms with Crippen LogP contribution < -0.4 is 0 Å². The summed E-state index contributed by atoms with van der Waals surface area (Å²) in [6.45, 7) is 8.52. The second-order valence-electron chi connectivity index (χ2n) is 6.22. The lowest BCUT2D eigenvalue weighted by atomic mass is 9.87. The quantitative estimate of drug-likeness (QED) is 0.841. The van der Waals surface area contributed by atoms with Crippen LogP contribution in [0.2, 0.25) is 0 Å². The van der Waals surface area contributed by atoms with Crippen molar-refractivity contribution in [2.45, 2.75) is 39.2 Å². The zero-order valence-electron chi connectivity index (χ0n) is 13.0. The third kappa shape index (κ3) is 3.66. The molecule has 0 radical (unpaired) electrons. The molecule has 0 aliphatic carbocycles. The van der Waals surface area contributed by atoms with Crippen molar-refractivity contribution in [2.75, 3.05) is 6.54 Å². The standard InChI is InChI=1S/C18H25NO2/c1-13(2)16(12-15-8-5-4-6-9-15)18(21)19-11-7-10-17(19)14(3)20/h4-6,8-9,13,16-17,20H,3,7,10-12H2,1-2H3/t16?,17-/m0/s1. The summed E-state index contributed by atoms with van der Waals surface area (Å²) in [4.78, 5) is 14.7. The van der Waals surface area contributed by atoms with Gasteiger partial charge < -0.3 is 10.0 Å². The van der Waals surface area contributed by atoms with E-state index in [0.29, 0.717) is 0 Å². The predicted molar refractivity (Wildman–Crippen MR) is 85.0 cm³/mol. The number of carbonyl (C=O) groups is 1. The van der Waals surface area contributed by atoms with Crippen molar-refractivity contribution < 1.29 is 9.90 Å². The summed E-state index contributed by atoms with van der Waals surface area (Å²) < 4.78 is 0. The molecule has 1 saturated heterocycles. The highest BCUT2D eigenvalue weighted by atomic mass is 16.3. The van der Waals surface area contributed by atoms with Crippen LogP contribution in [0.25, 0.3) is 0 Å². The molecule has 21 heavy (non-hydrogen) atoms. The Hall–Kier alpha value is -1.77. The Balaban J connectivity index is 2.14. The summed E-state index contributed by atoms with van der Waals surface area (Å²) in [6.07, 6.45) is 2.50. The molecule has 1 fully saturated rings. The van der Waals surface area contributed by atoms with Crippen LogP contribution in [0.3, 0.4) is 0 Å². The molecule has 0 spiro atoms. The molecule has 1 aliphatic heterocycles. The molecule has 2 rings (SSSR count). The molecule has 3 nitrogen and oxygen atoms in total. The van der Waals surface area contributed by atoms with Crippen molar-refractivity contribution in [2.24, 2.45) is 11.8 Å². The third-order valence-corrected chi connectivity index (χ3v) is 4.34. The van der Waals surface area contributed by atoms with Gasteiger partial charge in [-0.25, -0.2) is 0 Å². The van der Waals surface area contributed by atoms with Gasteiger partial charge in [-0.2, -0.15) is 0 Å². The summed E-state index contributed by atoms with van der Waals surface area (Å²) in [7, 11) is 0. The lowest BCUT2D eigenvalue weighted by Crippen LogP contribution is -2.42. The SMILES string of the molecule is C=C(O)[C@@H]1CCCN1C(=O)C(Cc1ccccc1)C(C)C. The molecular formula is C18H25NO2. The molecule has 0 saturated carbocycles. The Kier molecular flexibility index (Phi) is 5.05. The molecule has 3 heteroatoms. The number of likely N-dealkylation sites (tertiary alicyclic amines) is 1. The van der Waals surface area contributed by atoms with Gasteiger partial charge in [-0.1, -0.05) is 50.8 Å². The highest BCUT2D eigenvalue weighted by Crippen LogP contribution is 2.27. The Morgan fingerprint density at radius 2 is 2.05 bits per heavy atom. The van der Waals surface area contributed by atoms with Crippen molar-refractivity contribution in [3.8, 4) is 0 Å². The van der Waals surface area contributed by atoms with Crippen LogP contribution in [0.15, 0.2) is 42.7 Å². The van der Waals surface area contributed by atoms with Gasteiger partial charge in [0, 0.05) is 12.5 Å². The summed E-state index contributed by atoms with van der Waals surface area (Å²) >= 11 is 0. The number of hydrogen-bond acceptors (Lipinski definition) is 2. The van der Waals surface area contributed by atoms with Gasteiger partial charge in [-0.3, -0.25) is 4.79 Å². The smallest absolute Gasteiger partial charge is 0.226 e. The van der Waals surface area contributed by atoms with Crippen molar-refractivity contribution in [3.05, 3.63) is 48.2 Å². The van der Waals surface area contributed by atoms with Crippen LogP contribution in [-0.2, 0) is 11.2 Å². The number of aliphatic hydroxyl groups excluding tert-OH is 1. The summed E-state index contributed by atoms with van der Waals surface area (Å²) in [5, 5.41) is 9.69. The Morgan fingerprint density at radius 3 is 2.62 bits per heavy atom. The van der Waals surface area contributed by atoms with Crippen molar-refractivity contribution in [1.82, 2.24) is 4.90 Å². The molecule has 1 heterocycles. The van der Waals surface area contributed by atoms with Crippen LogP contribution in [0, 0.1) is 11.8 Å². The van der Waals surface area contributed by atoms with Gasteiger partial charge in [0.15, 0.2) is 0 Å². The van der Waals surface area contributed by atoms with Gasteiger partial charge in [0.05, 0.1) is 6.04 Å². The van der Waals surface area contributed by atoms with E-state index < -0.39 is 0 Å². The van der Waals surface area contributed by atoms with Crippen LogP contribution in [0.5, 0.6) is 0 Å². The minimum absolute atomic E-state index is 0.0488. The first-order valence-corrected chi connectivity index (χ1v) is 7.73. The van der Waals surface area contributed by atoms with E-state index in [9.17, 15) is 9.90 Å². The van der Waals surface area contributed by atoms with Gasteiger partial charge in [-0.15, -0.1) is 0 Å². The van der Waals surface area contributed by atoms with Gasteiger partial charge in [0.2, 0.25) is 5.91 Å². The molecule has 1 aromatic carbocycles. The summed E-state index contributed by atoms with van der Waals surface area (Å²) in [6, 6.07) is 9.93. The Labute approximate surface area is 127 Å². The first kappa shape index (κ1) is 15.6. The van der Waals surface area contributed by atoms with E-state index in [1.807, 2.05) is 23.1 Å². The first-order chi connectivity index (χ1) is 10.0. The second-order valence-corrected chi connectivity index (χ2v) is 6.22. The van der Waals surface area contributed by atoms with Crippen LogP contribution >= 0.6 is 0 Å². The van der Waals surface area contributed by atoms with Gasteiger partial charge >= 0.3 is 0 Å². The minimum Gasteiger partial charge on any atom is -0.511 e. The van der Waals surface area contributed by atoms with Gasteiger partial charge in [0.25, 0.3) is 0 Å². The summed E-state index contributed by atoms with van der Waals surface area (Å²) in [5.74, 6) is 0.480. The highest BCUT2D eigenvalue weighted by molar-refractivity contribution is 5.80. The number of rotatable bonds is 5. The lowest BCUT2D eigenvalue weighted by Gasteiger charge is -2.30. The molecule has 1 N–H and O–H groups in total. The van der Waals surface area contributed by atoms with E-state index in [1.54, 1.807) is 0 Å². The zero-order valence-corrected chi connectivity index (χ0v) is 13.0. The minimum atomic E-state index is -0.200. The molecule has 0 aromatic heterocycles. The molecule has 1 amide bonds. The largest absolute Gasteiger partial charge is 0.511 e. The molecule has 0 bridgehead atoms. The average Bonchev–Trinajstić information content (AvgIpc) is 2.94. The van der Waals surface area contributed by atoms with Crippen LogP contribution in [-0.4, -0.2) is 28.5 Å². The maximum absolute atomic E-state index is 12.9. The third-order valence-electron chi connectivity index (χ3n) is 4.34. The topological polar surface area (TPSA) is 40.5 Å². The Bertz CT molecular complexity index is 495. The Morgan fingerprint density at radius 1 is 1.38 bits per heavy atom. The second kappa shape index (κ2) is 6.79. The van der Waals surface area contributed by atoms with Crippen LogP contribution in [0.4, 0.5) is 0 Å². The molecule has 1 aliphatic rings.